The van der Waals surface area contributed by atoms with E-state index in [0.717, 1.165) is 44.5 Å². The summed E-state index contributed by atoms with van der Waals surface area (Å²) in [6.07, 6.45) is 0. The van der Waals surface area contributed by atoms with Crippen molar-refractivity contribution < 1.29 is 0 Å². The van der Waals surface area contributed by atoms with E-state index < -0.39 is 0 Å². The number of fused-ring (bicyclic) bond motifs is 6. The summed E-state index contributed by atoms with van der Waals surface area (Å²) in [6, 6.07) is 59.7. The first-order valence-electron chi connectivity index (χ1n) is 16.7. The number of hydrogen-bond donors (Lipinski definition) is 0. The van der Waals surface area contributed by atoms with Crippen molar-refractivity contribution in [2.75, 3.05) is 0 Å². The van der Waals surface area contributed by atoms with E-state index in [9.17, 15) is 0 Å². The quantitative estimate of drug-likeness (QED) is 0.185. The topological polar surface area (TPSA) is 43.6 Å². The Morgan fingerprint density at radius 3 is 1.66 bits per heavy atom. The fourth-order valence-corrected chi connectivity index (χ4v) is 8.21. The van der Waals surface area contributed by atoms with Crippen molar-refractivity contribution in [3.63, 3.8) is 0 Å². The Morgan fingerprint density at radius 2 is 0.880 bits per heavy atom. The molecule has 234 valence electrons. The maximum absolute atomic E-state index is 5.18. The molecule has 0 atom stereocenters. The van der Waals surface area contributed by atoms with E-state index in [-0.39, 0.29) is 0 Å². The average molecular weight is 657 g/mol. The molecule has 3 aromatic heterocycles. The number of nitrogens with zero attached hydrogens (tertiary/aromatic N) is 4. The third kappa shape index (κ3) is 4.79. The SMILES string of the molecule is c1ccc(-c2cccc(-c3nc(-c4ccc5c(c4)sc4ccccc45)nc(-c4ccc5c6ccccc6n(-c6ccccc6)c5c4)n3)c2)cc1. The molecule has 3 heterocycles. The highest BCUT2D eigenvalue weighted by molar-refractivity contribution is 7.25. The average Bonchev–Trinajstić information content (AvgIpc) is 3.73. The Morgan fingerprint density at radius 1 is 0.340 bits per heavy atom. The molecule has 0 aliphatic carbocycles. The van der Waals surface area contributed by atoms with Gasteiger partial charge in [0, 0.05) is 53.3 Å². The van der Waals surface area contributed by atoms with Crippen LogP contribution in [0.3, 0.4) is 0 Å². The van der Waals surface area contributed by atoms with Gasteiger partial charge in [-0.15, -0.1) is 11.3 Å². The molecule has 0 spiro atoms. The van der Waals surface area contributed by atoms with Crippen molar-refractivity contribution in [3.05, 3.63) is 170 Å². The lowest BCUT2D eigenvalue weighted by Crippen LogP contribution is -2.00. The number of para-hydroxylation sites is 2. The molecule has 0 unspecified atom stereocenters. The van der Waals surface area contributed by atoms with Gasteiger partial charge in [0.05, 0.1) is 11.0 Å². The Bertz CT molecular complexity index is 2870. The van der Waals surface area contributed by atoms with Crippen molar-refractivity contribution in [1.29, 1.82) is 0 Å². The molecule has 7 aromatic carbocycles. The summed E-state index contributed by atoms with van der Waals surface area (Å²) in [6.45, 7) is 0. The van der Waals surface area contributed by atoms with Gasteiger partial charge < -0.3 is 4.57 Å². The van der Waals surface area contributed by atoms with Crippen LogP contribution < -0.4 is 0 Å². The van der Waals surface area contributed by atoms with Crippen molar-refractivity contribution in [3.8, 4) is 51.0 Å². The van der Waals surface area contributed by atoms with Gasteiger partial charge in [0.1, 0.15) is 0 Å². The minimum absolute atomic E-state index is 0.637. The summed E-state index contributed by atoms with van der Waals surface area (Å²) >= 11 is 1.80. The van der Waals surface area contributed by atoms with E-state index in [2.05, 4.69) is 168 Å². The lowest BCUT2D eigenvalue weighted by Gasteiger charge is -2.11. The van der Waals surface area contributed by atoms with Crippen molar-refractivity contribution in [1.82, 2.24) is 19.5 Å². The maximum atomic E-state index is 5.18. The van der Waals surface area contributed by atoms with Gasteiger partial charge in [-0.1, -0.05) is 127 Å². The first kappa shape index (κ1) is 28.6. The zero-order valence-corrected chi connectivity index (χ0v) is 27.7. The predicted octanol–water partition coefficient (Wildman–Crippen LogP) is 12.0. The van der Waals surface area contributed by atoms with Crippen LogP contribution in [0.25, 0.3) is 93.0 Å². The van der Waals surface area contributed by atoms with Gasteiger partial charge in [0.2, 0.25) is 0 Å². The number of rotatable bonds is 5. The highest BCUT2D eigenvalue weighted by Crippen LogP contribution is 2.38. The van der Waals surface area contributed by atoms with Crippen LogP contribution >= 0.6 is 11.3 Å². The standard InChI is InChI=1S/C45H28N4S/c1-3-12-29(13-4-1)30-14-11-15-31(26-30)43-46-44(48-45(47-43)33-23-25-38-37-19-8-10-21-41(37)50-42(38)28-33)32-22-24-36-35-18-7-9-20-39(35)49(40(36)27-32)34-16-5-2-6-17-34/h1-28H. The maximum Gasteiger partial charge on any atom is 0.164 e. The minimum atomic E-state index is 0.637. The number of benzene rings is 7. The van der Waals surface area contributed by atoms with Crippen LogP contribution in [0.2, 0.25) is 0 Å². The van der Waals surface area contributed by atoms with Crippen LogP contribution in [0.15, 0.2) is 170 Å². The largest absolute Gasteiger partial charge is 0.309 e. The van der Waals surface area contributed by atoms with Crippen molar-refractivity contribution >= 4 is 53.3 Å². The zero-order valence-electron chi connectivity index (χ0n) is 26.9. The van der Waals surface area contributed by atoms with E-state index in [1.165, 1.54) is 30.9 Å². The lowest BCUT2D eigenvalue weighted by molar-refractivity contribution is 1.07. The van der Waals surface area contributed by atoms with Crippen LogP contribution in [0.5, 0.6) is 0 Å². The smallest absolute Gasteiger partial charge is 0.164 e. The Hall–Kier alpha value is -6.43. The van der Waals surface area contributed by atoms with Crippen molar-refractivity contribution in [2.24, 2.45) is 0 Å². The molecule has 5 heteroatoms. The summed E-state index contributed by atoms with van der Waals surface area (Å²) in [7, 11) is 0. The Labute approximate surface area is 292 Å². The van der Waals surface area contributed by atoms with Gasteiger partial charge >= 0.3 is 0 Å². The zero-order chi connectivity index (χ0) is 33.0. The molecule has 0 bridgehead atoms. The van der Waals surface area contributed by atoms with Gasteiger partial charge in [-0.2, -0.15) is 0 Å². The lowest BCUT2D eigenvalue weighted by atomic mass is 10.0. The fourth-order valence-electron chi connectivity index (χ4n) is 7.06. The van der Waals surface area contributed by atoms with Gasteiger partial charge in [-0.25, -0.2) is 15.0 Å². The van der Waals surface area contributed by atoms with Crippen LogP contribution in [0, 0.1) is 0 Å². The molecule has 50 heavy (non-hydrogen) atoms. The molecular formula is C45H28N4S. The number of thiophene rings is 1. The summed E-state index contributed by atoms with van der Waals surface area (Å²) < 4.78 is 4.82. The van der Waals surface area contributed by atoms with E-state index in [4.69, 9.17) is 15.0 Å². The summed E-state index contributed by atoms with van der Waals surface area (Å²) in [5.41, 5.74) is 8.50. The summed E-state index contributed by atoms with van der Waals surface area (Å²) in [4.78, 5) is 15.5. The molecule has 0 fully saturated rings. The fraction of sp³-hybridized carbons (Fsp3) is 0. The van der Waals surface area contributed by atoms with E-state index in [1.807, 2.05) is 6.07 Å². The Balaban J connectivity index is 1.19. The monoisotopic (exact) mass is 656 g/mol. The van der Waals surface area contributed by atoms with Gasteiger partial charge in [-0.3, -0.25) is 0 Å². The van der Waals surface area contributed by atoms with E-state index in [0.29, 0.717) is 17.5 Å². The minimum Gasteiger partial charge on any atom is -0.309 e. The second-order valence-electron chi connectivity index (χ2n) is 12.5. The normalized spacial score (nSPS) is 11.6. The third-order valence-electron chi connectivity index (χ3n) is 9.45. The molecule has 0 amide bonds. The van der Waals surface area contributed by atoms with Gasteiger partial charge in [0.15, 0.2) is 17.5 Å². The molecule has 10 aromatic rings. The van der Waals surface area contributed by atoms with Crippen LogP contribution in [-0.4, -0.2) is 19.5 Å². The number of aromatic nitrogens is 4. The first-order valence-corrected chi connectivity index (χ1v) is 17.5. The molecule has 0 N–H and O–H groups in total. The summed E-state index contributed by atoms with van der Waals surface area (Å²) in [5, 5.41) is 4.92. The molecule has 0 saturated heterocycles. The molecule has 0 radical (unpaired) electrons. The van der Waals surface area contributed by atoms with Crippen molar-refractivity contribution in [2.45, 2.75) is 0 Å². The van der Waals surface area contributed by atoms with Crippen LogP contribution in [-0.2, 0) is 0 Å². The molecular weight excluding hydrogens is 629 g/mol. The van der Waals surface area contributed by atoms with E-state index in [1.54, 1.807) is 11.3 Å². The third-order valence-corrected chi connectivity index (χ3v) is 10.6. The van der Waals surface area contributed by atoms with Gasteiger partial charge in [0.25, 0.3) is 0 Å². The summed E-state index contributed by atoms with van der Waals surface area (Å²) in [5.74, 6) is 1.93. The molecule has 0 aliphatic rings. The number of hydrogen-bond acceptors (Lipinski definition) is 4. The predicted molar refractivity (Wildman–Crippen MR) is 209 cm³/mol. The highest BCUT2D eigenvalue weighted by Gasteiger charge is 2.17. The Kier molecular flexibility index (Phi) is 6.64. The van der Waals surface area contributed by atoms with Crippen LogP contribution in [0.1, 0.15) is 0 Å². The molecule has 0 aliphatic heterocycles. The molecule has 10 rings (SSSR count). The molecule has 0 saturated carbocycles. The first-order chi connectivity index (χ1) is 24.8. The molecule has 4 nitrogen and oxygen atoms in total. The second-order valence-corrected chi connectivity index (χ2v) is 13.6. The van der Waals surface area contributed by atoms with Crippen LogP contribution in [0.4, 0.5) is 0 Å². The van der Waals surface area contributed by atoms with E-state index >= 15 is 0 Å². The van der Waals surface area contributed by atoms with Gasteiger partial charge in [-0.05, 0) is 53.6 Å². The highest BCUT2D eigenvalue weighted by atomic mass is 32.1. The second kappa shape index (κ2) is 11.6.